The molecular formula is C27H25N5O2. The van der Waals surface area contributed by atoms with Gasteiger partial charge in [0.1, 0.15) is 5.69 Å². The number of pyridine rings is 1. The Balaban J connectivity index is 1.58. The summed E-state index contributed by atoms with van der Waals surface area (Å²) in [6, 6.07) is 19.1. The van der Waals surface area contributed by atoms with Crippen LogP contribution >= 0.6 is 0 Å². The van der Waals surface area contributed by atoms with Gasteiger partial charge < -0.3 is 10.6 Å². The molecule has 0 saturated heterocycles. The number of carbonyl (C=O) groups is 2. The van der Waals surface area contributed by atoms with Crippen molar-refractivity contribution in [2.45, 2.75) is 13.5 Å². The largest absolute Gasteiger partial charge is 0.355 e. The molecule has 0 aliphatic rings. The molecule has 7 heteroatoms. The lowest BCUT2D eigenvalue weighted by Gasteiger charge is -2.10. The normalized spacial score (nSPS) is 10.9. The highest BCUT2D eigenvalue weighted by Gasteiger charge is 2.13. The summed E-state index contributed by atoms with van der Waals surface area (Å²) in [6.07, 6.45) is 8.58. The average Bonchev–Trinajstić information content (AvgIpc) is 3.27. The van der Waals surface area contributed by atoms with Gasteiger partial charge in [0.15, 0.2) is 0 Å². The lowest BCUT2D eigenvalue weighted by Crippen LogP contribution is -2.20. The van der Waals surface area contributed by atoms with Crippen molar-refractivity contribution in [2.75, 3.05) is 12.4 Å². The molecule has 0 aliphatic heterocycles. The molecule has 2 aromatic heterocycles. The molecule has 4 rings (SSSR count). The monoisotopic (exact) mass is 451 g/mol. The van der Waals surface area contributed by atoms with Crippen molar-refractivity contribution in [1.82, 2.24) is 20.1 Å². The van der Waals surface area contributed by atoms with Crippen molar-refractivity contribution in [3.05, 3.63) is 108 Å². The lowest BCUT2D eigenvalue weighted by molar-refractivity contribution is -0.111. The summed E-state index contributed by atoms with van der Waals surface area (Å²) in [5.41, 5.74) is 5.34. The summed E-state index contributed by atoms with van der Waals surface area (Å²) in [7, 11) is 1.58. The van der Waals surface area contributed by atoms with E-state index in [9.17, 15) is 9.59 Å². The highest BCUT2D eigenvalue weighted by molar-refractivity contribution is 6.04. The third kappa shape index (κ3) is 5.27. The highest BCUT2D eigenvalue weighted by Crippen LogP contribution is 2.23. The zero-order valence-corrected chi connectivity index (χ0v) is 19.0. The van der Waals surface area contributed by atoms with Crippen LogP contribution in [0.3, 0.4) is 0 Å². The minimum absolute atomic E-state index is 0.198. The Kier molecular flexibility index (Phi) is 6.93. The van der Waals surface area contributed by atoms with E-state index in [2.05, 4.69) is 15.6 Å². The molecule has 0 aliphatic carbocycles. The van der Waals surface area contributed by atoms with Crippen LogP contribution in [0.5, 0.6) is 0 Å². The van der Waals surface area contributed by atoms with Gasteiger partial charge in [-0.05, 0) is 48.4 Å². The molecule has 0 unspecified atom stereocenters. The Morgan fingerprint density at radius 1 is 1.03 bits per heavy atom. The van der Waals surface area contributed by atoms with Crippen molar-refractivity contribution in [3.8, 4) is 11.3 Å². The third-order valence-corrected chi connectivity index (χ3v) is 5.39. The van der Waals surface area contributed by atoms with Gasteiger partial charge in [-0.3, -0.25) is 19.3 Å². The standard InChI is InChI=1S/C27H25N5O2/c1-19-23(27(34)28-2)11-6-12-24(19)30-25(33)14-13-22-18-32(17-20-8-4-3-5-9-20)31-26(22)21-10-7-15-29-16-21/h3-16,18H,17H2,1-2H3,(H,28,34)(H,30,33)/b14-13+. The van der Waals surface area contributed by atoms with Crippen LogP contribution in [-0.2, 0) is 11.3 Å². The van der Waals surface area contributed by atoms with Crippen molar-refractivity contribution in [1.29, 1.82) is 0 Å². The first-order valence-electron chi connectivity index (χ1n) is 10.9. The Labute approximate surface area is 198 Å². The number of amides is 2. The number of nitrogens with one attached hydrogen (secondary N) is 2. The zero-order valence-electron chi connectivity index (χ0n) is 19.0. The van der Waals surface area contributed by atoms with Gasteiger partial charge in [-0.1, -0.05) is 36.4 Å². The lowest BCUT2D eigenvalue weighted by atomic mass is 10.1. The molecule has 0 atom stereocenters. The molecule has 34 heavy (non-hydrogen) atoms. The van der Waals surface area contributed by atoms with E-state index in [1.807, 2.05) is 53.3 Å². The van der Waals surface area contributed by atoms with Crippen molar-refractivity contribution < 1.29 is 9.59 Å². The van der Waals surface area contributed by atoms with E-state index in [0.29, 0.717) is 23.4 Å². The van der Waals surface area contributed by atoms with Crippen LogP contribution in [0.25, 0.3) is 17.3 Å². The van der Waals surface area contributed by atoms with Gasteiger partial charge in [0, 0.05) is 54.1 Å². The van der Waals surface area contributed by atoms with Crippen LogP contribution in [-0.4, -0.2) is 33.6 Å². The molecule has 2 heterocycles. The van der Waals surface area contributed by atoms with Crippen LogP contribution in [0.1, 0.15) is 27.0 Å². The van der Waals surface area contributed by atoms with E-state index in [0.717, 1.165) is 22.4 Å². The number of anilines is 1. The molecule has 0 radical (unpaired) electrons. The summed E-state index contributed by atoms with van der Waals surface area (Å²) in [6.45, 7) is 2.41. The number of hydrogen-bond donors (Lipinski definition) is 2. The molecule has 0 bridgehead atoms. The quantitative estimate of drug-likeness (QED) is 0.410. The highest BCUT2D eigenvalue weighted by atomic mass is 16.2. The van der Waals surface area contributed by atoms with Gasteiger partial charge in [-0.2, -0.15) is 5.10 Å². The summed E-state index contributed by atoms with van der Waals surface area (Å²) >= 11 is 0. The third-order valence-electron chi connectivity index (χ3n) is 5.39. The van der Waals surface area contributed by atoms with Crippen molar-refractivity contribution in [3.63, 3.8) is 0 Å². The summed E-state index contributed by atoms with van der Waals surface area (Å²) in [5.74, 6) is -0.499. The Hall–Kier alpha value is -4.52. The van der Waals surface area contributed by atoms with Gasteiger partial charge in [0.2, 0.25) is 5.91 Å². The van der Waals surface area contributed by atoms with Gasteiger partial charge in [-0.15, -0.1) is 0 Å². The van der Waals surface area contributed by atoms with Crippen LogP contribution in [0.15, 0.2) is 85.3 Å². The van der Waals surface area contributed by atoms with Crippen molar-refractivity contribution >= 4 is 23.6 Å². The van der Waals surface area contributed by atoms with Crippen LogP contribution < -0.4 is 10.6 Å². The van der Waals surface area contributed by atoms with E-state index in [1.165, 1.54) is 6.08 Å². The molecule has 0 saturated carbocycles. The van der Waals surface area contributed by atoms with Gasteiger partial charge in [0.05, 0.1) is 6.54 Å². The van der Waals surface area contributed by atoms with E-state index in [-0.39, 0.29) is 11.8 Å². The van der Waals surface area contributed by atoms with E-state index >= 15 is 0 Å². The number of carbonyl (C=O) groups excluding carboxylic acids is 2. The maximum Gasteiger partial charge on any atom is 0.251 e. The smallest absolute Gasteiger partial charge is 0.251 e. The number of nitrogens with zero attached hydrogens (tertiary/aromatic N) is 3. The average molecular weight is 452 g/mol. The van der Waals surface area contributed by atoms with E-state index in [4.69, 9.17) is 5.10 Å². The Morgan fingerprint density at radius 3 is 2.59 bits per heavy atom. The minimum atomic E-state index is -0.301. The zero-order chi connectivity index (χ0) is 23.9. The molecule has 0 fully saturated rings. The number of rotatable bonds is 7. The molecule has 0 spiro atoms. The van der Waals surface area contributed by atoms with Crippen molar-refractivity contribution in [2.24, 2.45) is 0 Å². The van der Waals surface area contributed by atoms with Crippen LogP contribution in [0.4, 0.5) is 5.69 Å². The van der Waals surface area contributed by atoms with Gasteiger partial charge >= 0.3 is 0 Å². The molecular weight excluding hydrogens is 426 g/mol. The predicted molar refractivity (Wildman–Crippen MR) is 133 cm³/mol. The molecule has 2 N–H and O–H groups in total. The molecule has 7 nitrogen and oxygen atoms in total. The fourth-order valence-corrected chi connectivity index (χ4v) is 3.63. The Morgan fingerprint density at radius 2 is 1.85 bits per heavy atom. The minimum Gasteiger partial charge on any atom is -0.355 e. The second kappa shape index (κ2) is 10.4. The maximum absolute atomic E-state index is 12.7. The van der Waals surface area contributed by atoms with Gasteiger partial charge in [-0.25, -0.2) is 0 Å². The first-order valence-corrected chi connectivity index (χ1v) is 10.9. The molecule has 4 aromatic rings. The predicted octanol–water partition coefficient (Wildman–Crippen LogP) is 4.31. The second-order valence-electron chi connectivity index (χ2n) is 7.74. The van der Waals surface area contributed by atoms with E-state index in [1.54, 1.807) is 50.6 Å². The molecule has 2 amide bonds. The SMILES string of the molecule is CNC(=O)c1cccc(NC(=O)/C=C/c2cn(Cc3ccccc3)nc2-c2cccnc2)c1C. The fourth-order valence-electron chi connectivity index (χ4n) is 3.63. The first-order chi connectivity index (χ1) is 16.5. The molecule has 2 aromatic carbocycles. The number of hydrogen-bond acceptors (Lipinski definition) is 4. The maximum atomic E-state index is 12.7. The van der Waals surface area contributed by atoms with Crippen LogP contribution in [0.2, 0.25) is 0 Å². The topological polar surface area (TPSA) is 88.9 Å². The summed E-state index contributed by atoms with van der Waals surface area (Å²) in [5, 5.41) is 10.2. The summed E-state index contributed by atoms with van der Waals surface area (Å²) in [4.78, 5) is 28.9. The van der Waals surface area contributed by atoms with Crippen LogP contribution in [0, 0.1) is 6.92 Å². The Bertz CT molecular complexity index is 1330. The number of aromatic nitrogens is 3. The first kappa shape index (κ1) is 22.7. The molecule has 170 valence electrons. The van der Waals surface area contributed by atoms with Gasteiger partial charge in [0.25, 0.3) is 5.91 Å². The fraction of sp³-hybridized carbons (Fsp3) is 0.111. The van der Waals surface area contributed by atoms with E-state index < -0.39 is 0 Å². The number of benzene rings is 2. The summed E-state index contributed by atoms with van der Waals surface area (Å²) < 4.78 is 1.85. The second-order valence-corrected chi connectivity index (χ2v) is 7.74.